The van der Waals surface area contributed by atoms with Crippen LogP contribution in [-0.4, -0.2) is 46.1 Å². The van der Waals surface area contributed by atoms with Crippen molar-refractivity contribution in [3.8, 4) is 0 Å². The summed E-state index contributed by atoms with van der Waals surface area (Å²) in [6.07, 6.45) is 0. The molecule has 6 nitrogen and oxygen atoms in total. The number of thioether (sulfide) groups is 1. The molecule has 1 heterocycles. The van der Waals surface area contributed by atoms with E-state index in [4.69, 9.17) is 0 Å². The Balaban J connectivity index is 1.50. The van der Waals surface area contributed by atoms with E-state index < -0.39 is 17.9 Å². The lowest BCUT2D eigenvalue weighted by Crippen LogP contribution is -2.47. The Morgan fingerprint density at radius 1 is 1.11 bits per heavy atom. The first-order valence-electron chi connectivity index (χ1n) is 8.55. The van der Waals surface area contributed by atoms with Crippen LogP contribution in [0.15, 0.2) is 54.6 Å². The van der Waals surface area contributed by atoms with E-state index in [-0.39, 0.29) is 18.2 Å². The number of carboxylic acids is 1. The van der Waals surface area contributed by atoms with Crippen molar-refractivity contribution in [1.82, 2.24) is 10.2 Å². The molecule has 0 bridgehead atoms. The van der Waals surface area contributed by atoms with Gasteiger partial charge in [0, 0.05) is 23.6 Å². The first-order chi connectivity index (χ1) is 13.0. The predicted molar refractivity (Wildman–Crippen MR) is 103 cm³/mol. The van der Waals surface area contributed by atoms with Gasteiger partial charge < -0.3 is 15.3 Å². The fraction of sp³-hybridized carbons (Fsp3) is 0.250. The van der Waals surface area contributed by atoms with Crippen LogP contribution < -0.4 is 5.32 Å². The van der Waals surface area contributed by atoms with Gasteiger partial charge in [-0.1, -0.05) is 48.5 Å². The molecule has 0 aromatic heterocycles. The number of nitrogens with one attached hydrogen (secondary N) is 1. The average molecular weight is 384 g/mol. The van der Waals surface area contributed by atoms with Crippen molar-refractivity contribution in [2.45, 2.75) is 18.3 Å². The third-order valence-electron chi connectivity index (χ3n) is 4.26. The summed E-state index contributed by atoms with van der Waals surface area (Å²) in [4.78, 5) is 37.4. The van der Waals surface area contributed by atoms with Crippen molar-refractivity contribution in [3.63, 3.8) is 0 Å². The van der Waals surface area contributed by atoms with E-state index >= 15 is 0 Å². The van der Waals surface area contributed by atoms with Crippen LogP contribution in [0.1, 0.15) is 21.5 Å². The number of hydrogen-bond acceptors (Lipinski definition) is 4. The first-order valence-corrected chi connectivity index (χ1v) is 9.71. The molecule has 0 spiro atoms. The summed E-state index contributed by atoms with van der Waals surface area (Å²) in [5.74, 6) is -0.834. The molecule has 2 aromatic rings. The van der Waals surface area contributed by atoms with Crippen molar-refractivity contribution >= 4 is 29.5 Å². The summed E-state index contributed by atoms with van der Waals surface area (Å²) in [5.41, 5.74) is 2.57. The van der Waals surface area contributed by atoms with E-state index in [1.807, 2.05) is 42.5 Å². The predicted octanol–water partition coefficient (Wildman–Crippen LogP) is 2.15. The van der Waals surface area contributed by atoms with Crippen LogP contribution in [0.5, 0.6) is 0 Å². The molecule has 1 aliphatic rings. The van der Waals surface area contributed by atoms with Gasteiger partial charge in [-0.3, -0.25) is 9.59 Å². The highest BCUT2D eigenvalue weighted by atomic mass is 32.2. The van der Waals surface area contributed by atoms with E-state index in [9.17, 15) is 19.5 Å². The number of rotatable bonds is 8. The topological polar surface area (TPSA) is 86.7 Å². The molecule has 1 unspecified atom stereocenters. The summed E-state index contributed by atoms with van der Waals surface area (Å²) < 4.78 is 0. The van der Waals surface area contributed by atoms with Gasteiger partial charge in [-0.05, 0) is 17.2 Å². The lowest BCUT2D eigenvalue weighted by atomic mass is 10.1. The SMILES string of the molecule is O=C(CN1Cc2ccccc2C1=O)NC(CSCc1ccccc1)C(=O)O. The molecule has 2 aromatic carbocycles. The second-order valence-corrected chi connectivity index (χ2v) is 7.31. The summed E-state index contributed by atoms with van der Waals surface area (Å²) in [5, 5.41) is 11.9. The van der Waals surface area contributed by atoms with E-state index in [2.05, 4.69) is 5.32 Å². The van der Waals surface area contributed by atoms with Gasteiger partial charge in [-0.2, -0.15) is 11.8 Å². The maximum atomic E-state index is 12.3. The Morgan fingerprint density at radius 2 is 1.81 bits per heavy atom. The zero-order valence-corrected chi connectivity index (χ0v) is 15.4. The summed E-state index contributed by atoms with van der Waals surface area (Å²) in [6, 6.07) is 15.9. The smallest absolute Gasteiger partial charge is 0.327 e. The van der Waals surface area contributed by atoms with Gasteiger partial charge in [0.1, 0.15) is 12.6 Å². The standard InChI is InChI=1S/C20H20N2O4S/c23-18(11-22-10-15-8-4-5-9-16(15)19(22)24)21-17(20(25)26)13-27-12-14-6-2-1-3-7-14/h1-9,17H,10-13H2,(H,21,23)(H,25,26). The molecule has 2 N–H and O–H groups in total. The van der Waals surface area contributed by atoms with Crippen LogP contribution in [0.3, 0.4) is 0 Å². The van der Waals surface area contributed by atoms with E-state index in [1.165, 1.54) is 16.7 Å². The van der Waals surface area contributed by atoms with Crippen molar-refractivity contribution in [2.75, 3.05) is 12.3 Å². The van der Waals surface area contributed by atoms with Crippen LogP contribution in [0.4, 0.5) is 0 Å². The summed E-state index contributed by atoms with van der Waals surface area (Å²) in [6.45, 7) is 0.212. The number of hydrogen-bond donors (Lipinski definition) is 2. The van der Waals surface area contributed by atoms with Crippen molar-refractivity contribution in [3.05, 3.63) is 71.3 Å². The summed E-state index contributed by atoms with van der Waals surface area (Å²) in [7, 11) is 0. The molecular weight excluding hydrogens is 364 g/mol. The molecule has 140 valence electrons. The molecule has 2 amide bonds. The fourth-order valence-electron chi connectivity index (χ4n) is 2.90. The quantitative estimate of drug-likeness (QED) is 0.728. The van der Waals surface area contributed by atoms with Crippen LogP contribution >= 0.6 is 11.8 Å². The first kappa shape index (κ1) is 19.0. The number of nitrogens with zero attached hydrogens (tertiary/aromatic N) is 1. The fourth-order valence-corrected chi connectivity index (χ4v) is 3.91. The third-order valence-corrected chi connectivity index (χ3v) is 5.37. The minimum absolute atomic E-state index is 0.152. The highest BCUT2D eigenvalue weighted by molar-refractivity contribution is 7.98. The highest BCUT2D eigenvalue weighted by Crippen LogP contribution is 2.21. The number of carbonyl (C=O) groups is 3. The Hall–Kier alpha value is -2.80. The maximum absolute atomic E-state index is 12.3. The van der Waals surface area contributed by atoms with Crippen LogP contribution in [0, 0.1) is 0 Å². The van der Waals surface area contributed by atoms with Crippen LogP contribution in [-0.2, 0) is 21.9 Å². The minimum atomic E-state index is -1.08. The normalized spacial score (nSPS) is 13.9. The Bertz CT molecular complexity index is 841. The molecule has 3 rings (SSSR count). The highest BCUT2D eigenvalue weighted by Gasteiger charge is 2.29. The molecular formula is C20H20N2O4S. The minimum Gasteiger partial charge on any atom is -0.480 e. The number of aliphatic carboxylic acids is 1. The molecule has 1 aliphatic heterocycles. The van der Waals surface area contributed by atoms with Crippen molar-refractivity contribution in [2.24, 2.45) is 0 Å². The van der Waals surface area contributed by atoms with Crippen LogP contribution in [0.25, 0.3) is 0 Å². The molecule has 0 aliphatic carbocycles. The maximum Gasteiger partial charge on any atom is 0.327 e. The van der Waals surface area contributed by atoms with Gasteiger partial charge >= 0.3 is 5.97 Å². The molecule has 0 radical (unpaired) electrons. The Kier molecular flexibility index (Phi) is 6.13. The van der Waals surface area contributed by atoms with E-state index in [0.29, 0.717) is 17.9 Å². The van der Waals surface area contributed by atoms with Gasteiger partial charge in [0.2, 0.25) is 5.91 Å². The number of amides is 2. The van der Waals surface area contributed by atoms with Crippen molar-refractivity contribution < 1.29 is 19.5 Å². The van der Waals surface area contributed by atoms with Gasteiger partial charge in [-0.25, -0.2) is 4.79 Å². The van der Waals surface area contributed by atoms with Crippen LogP contribution in [0.2, 0.25) is 0 Å². The number of benzene rings is 2. The number of carboxylic acid groups (broad SMARTS) is 1. The van der Waals surface area contributed by atoms with E-state index in [1.54, 1.807) is 12.1 Å². The second-order valence-electron chi connectivity index (χ2n) is 6.28. The van der Waals surface area contributed by atoms with E-state index in [0.717, 1.165) is 11.1 Å². The average Bonchev–Trinajstić information content (AvgIpc) is 2.97. The van der Waals surface area contributed by atoms with Gasteiger partial charge in [-0.15, -0.1) is 0 Å². The zero-order chi connectivity index (χ0) is 19.2. The largest absolute Gasteiger partial charge is 0.480 e. The van der Waals surface area contributed by atoms with Crippen molar-refractivity contribution in [1.29, 1.82) is 0 Å². The molecule has 7 heteroatoms. The summed E-state index contributed by atoms with van der Waals surface area (Å²) >= 11 is 1.44. The third kappa shape index (κ3) is 4.89. The van der Waals surface area contributed by atoms with Gasteiger partial charge in [0.15, 0.2) is 0 Å². The Labute approximate surface area is 161 Å². The van der Waals surface area contributed by atoms with Gasteiger partial charge in [0.25, 0.3) is 5.91 Å². The lowest BCUT2D eigenvalue weighted by Gasteiger charge is -2.18. The second kappa shape index (κ2) is 8.73. The molecule has 27 heavy (non-hydrogen) atoms. The van der Waals surface area contributed by atoms with Gasteiger partial charge in [0.05, 0.1) is 0 Å². The number of carbonyl (C=O) groups excluding carboxylic acids is 2. The lowest BCUT2D eigenvalue weighted by molar-refractivity contribution is -0.141. The molecule has 0 saturated heterocycles. The molecule has 0 fully saturated rings. The monoisotopic (exact) mass is 384 g/mol. The zero-order valence-electron chi connectivity index (χ0n) is 14.6. The Morgan fingerprint density at radius 3 is 2.52 bits per heavy atom. The molecule has 0 saturated carbocycles. The molecule has 1 atom stereocenters. The number of fused-ring (bicyclic) bond motifs is 1.